The second-order valence-electron chi connectivity index (χ2n) is 5.04. The zero-order valence-electron chi connectivity index (χ0n) is 11.5. The first-order valence-electron chi connectivity index (χ1n) is 6.74. The SMILES string of the molecule is CC[C@@H](C)[C@@H]([NH3+])C(=O)Nc1ccc2ccccc2c1. The maximum atomic E-state index is 12.1. The summed E-state index contributed by atoms with van der Waals surface area (Å²) in [6.45, 7) is 4.13. The molecule has 4 N–H and O–H groups in total. The Morgan fingerprint density at radius 2 is 1.89 bits per heavy atom. The summed E-state index contributed by atoms with van der Waals surface area (Å²) in [5.41, 5.74) is 4.79. The minimum absolute atomic E-state index is 0.00960. The monoisotopic (exact) mass is 257 g/mol. The molecule has 0 fully saturated rings. The Bertz CT molecular complexity index is 580. The van der Waals surface area contributed by atoms with Crippen molar-refractivity contribution in [1.29, 1.82) is 0 Å². The van der Waals surface area contributed by atoms with Crippen LogP contribution in [0.5, 0.6) is 0 Å². The van der Waals surface area contributed by atoms with Crippen LogP contribution in [0.25, 0.3) is 10.8 Å². The molecule has 2 aromatic rings. The van der Waals surface area contributed by atoms with Crippen LogP contribution in [0.15, 0.2) is 42.5 Å². The van der Waals surface area contributed by atoms with Crippen LogP contribution in [-0.4, -0.2) is 11.9 Å². The van der Waals surface area contributed by atoms with E-state index in [1.54, 1.807) is 0 Å². The van der Waals surface area contributed by atoms with E-state index in [0.29, 0.717) is 5.92 Å². The van der Waals surface area contributed by atoms with E-state index in [0.717, 1.165) is 17.5 Å². The lowest BCUT2D eigenvalue weighted by atomic mass is 9.99. The molecule has 1 amide bonds. The van der Waals surface area contributed by atoms with Crippen molar-refractivity contribution in [2.45, 2.75) is 26.3 Å². The molecule has 2 atom stereocenters. The summed E-state index contributed by atoms with van der Waals surface area (Å²) >= 11 is 0. The van der Waals surface area contributed by atoms with Gasteiger partial charge in [-0.1, -0.05) is 44.2 Å². The summed E-state index contributed by atoms with van der Waals surface area (Å²) < 4.78 is 0. The maximum absolute atomic E-state index is 12.1. The van der Waals surface area contributed by atoms with E-state index in [1.165, 1.54) is 5.39 Å². The van der Waals surface area contributed by atoms with E-state index in [2.05, 4.69) is 31.0 Å². The molecule has 2 aromatic carbocycles. The van der Waals surface area contributed by atoms with Gasteiger partial charge in [-0.3, -0.25) is 4.79 Å². The van der Waals surface area contributed by atoms with E-state index in [4.69, 9.17) is 0 Å². The fourth-order valence-electron chi connectivity index (χ4n) is 2.04. The molecule has 0 radical (unpaired) electrons. The highest BCUT2D eigenvalue weighted by atomic mass is 16.2. The molecule has 3 heteroatoms. The molecular formula is C16H21N2O+. The maximum Gasteiger partial charge on any atom is 0.282 e. The van der Waals surface area contributed by atoms with Crippen molar-refractivity contribution < 1.29 is 10.5 Å². The molecule has 19 heavy (non-hydrogen) atoms. The molecule has 3 nitrogen and oxygen atoms in total. The largest absolute Gasteiger partial charge is 0.347 e. The minimum Gasteiger partial charge on any atom is -0.347 e. The molecule has 0 saturated carbocycles. The Morgan fingerprint density at radius 1 is 1.21 bits per heavy atom. The first-order chi connectivity index (χ1) is 9.11. The zero-order chi connectivity index (χ0) is 13.8. The highest BCUT2D eigenvalue weighted by Gasteiger charge is 2.23. The van der Waals surface area contributed by atoms with Crippen LogP contribution >= 0.6 is 0 Å². The van der Waals surface area contributed by atoms with Crippen LogP contribution in [-0.2, 0) is 4.79 Å². The molecule has 0 aliphatic heterocycles. The summed E-state index contributed by atoms with van der Waals surface area (Å²) in [5.74, 6) is 0.282. The number of anilines is 1. The van der Waals surface area contributed by atoms with Crippen molar-refractivity contribution in [2.75, 3.05) is 5.32 Å². The third kappa shape index (κ3) is 3.12. The third-order valence-corrected chi connectivity index (χ3v) is 3.68. The van der Waals surface area contributed by atoms with E-state index >= 15 is 0 Å². The number of carbonyl (C=O) groups is 1. The Hall–Kier alpha value is -1.87. The van der Waals surface area contributed by atoms with Gasteiger partial charge in [0, 0.05) is 11.6 Å². The smallest absolute Gasteiger partial charge is 0.282 e. The number of amides is 1. The van der Waals surface area contributed by atoms with Crippen molar-refractivity contribution in [3.63, 3.8) is 0 Å². The summed E-state index contributed by atoms with van der Waals surface area (Å²) in [6.07, 6.45) is 0.958. The van der Waals surface area contributed by atoms with Gasteiger partial charge in [-0.25, -0.2) is 0 Å². The lowest BCUT2D eigenvalue weighted by Crippen LogP contribution is -2.69. The van der Waals surface area contributed by atoms with E-state index < -0.39 is 0 Å². The molecule has 0 unspecified atom stereocenters. The average molecular weight is 257 g/mol. The Labute approximate surface area is 113 Å². The third-order valence-electron chi connectivity index (χ3n) is 3.68. The molecule has 0 aliphatic rings. The normalized spacial score (nSPS) is 14.1. The van der Waals surface area contributed by atoms with Crippen LogP contribution in [0, 0.1) is 5.92 Å². The highest BCUT2D eigenvalue weighted by molar-refractivity contribution is 5.96. The number of fused-ring (bicyclic) bond motifs is 1. The first kappa shape index (κ1) is 13.6. The molecule has 2 rings (SSSR count). The number of nitrogens with one attached hydrogen (secondary N) is 1. The van der Waals surface area contributed by atoms with Crippen molar-refractivity contribution >= 4 is 22.4 Å². The standard InChI is InChI=1S/C16H20N2O/c1-3-11(2)15(17)16(19)18-14-9-8-12-6-4-5-7-13(12)10-14/h4-11,15H,3,17H2,1-2H3,(H,18,19)/p+1/t11-,15-/m1/s1. The lowest BCUT2D eigenvalue weighted by Gasteiger charge is -2.15. The Balaban J connectivity index is 2.15. The van der Waals surface area contributed by atoms with Gasteiger partial charge in [0.2, 0.25) is 0 Å². The zero-order valence-corrected chi connectivity index (χ0v) is 11.5. The molecular weight excluding hydrogens is 236 g/mol. The molecule has 0 aromatic heterocycles. The van der Waals surface area contributed by atoms with Crippen molar-refractivity contribution in [3.05, 3.63) is 42.5 Å². The van der Waals surface area contributed by atoms with Crippen LogP contribution in [0.2, 0.25) is 0 Å². The van der Waals surface area contributed by atoms with Crippen LogP contribution < -0.4 is 11.1 Å². The van der Waals surface area contributed by atoms with E-state index in [1.807, 2.05) is 36.4 Å². The fourth-order valence-corrected chi connectivity index (χ4v) is 2.04. The topological polar surface area (TPSA) is 56.7 Å². The van der Waals surface area contributed by atoms with Crippen molar-refractivity contribution in [2.24, 2.45) is 5.92 Å². The van der Waals surface area contributed by atoms with Gasteiger partial charge in [-0.15, -0.1) is 0 Å². The quantitative estimate of drug-likeness (QED) is 0.868. The lowest BCUT2D eigenvalue weighted by molar-refractivity contribution is -0.414. The second kappa shape index (κ2) is 5.85. The van der Waals surface area contributed by atoms with Crippen LogP contribution in [0.4, 0.5) is 5.69 Å². The molecule has 0 bridgehead atoms. The number of carbonyl (C=O) groups excluding carboxylic acids is 1. The fraction of sp³-hybridized carbons (Fsp3) is 0.312. The van der Waals surface area contributed by atoms with Gasteiger partial charge in [0.15, 0.2) is 6.04 Å². The number of hydrogen-bond acceptors (Lipinski definition) is 1. The number of benzene rings is 2. The van der Waals surface area contributed by atoms with Gasteiger partial charge in [-0.2, -0.15) is 0 Å². The molecule has 0 spiro atoms. The van der Waals surface area contributed by atoms with Crippen molar-refractivity contribution in [1.82, 2.24) is 0 Å². The molecule has 100 valence electrons. The average Bonchev–Trinajstić information content (AvgIpc) is 2.45. The minimum atomic E-state index is -0.212. The van der Waals surface area contributed by atoms with E-state index in [-0.39, 0.29) is 11.9 Å². The molecule has 0 saturated heterocycles. The van der Waals surface area contributed by atoms with Gasteiger partial charge in [0.25, 0.3) is 5.91 Å². The predicted octanol–water partition coefficient (Wildman–Crippen LogP) is 2.43. The predicted molar refractivity (Wildman–Crippen MR) is 78.7 cm³/mol. The molecule has 0 heterocycles. The van der Waals surface area contributed by atoms with Gasteiger partial charge in [0.05, 0.1) is 0 Å². The summed E-state index contributed by atoms with van der Waals surface area (Å²) in [4.78, 5) is 12.1. The first-order valence-corrected chi connectivity index (χ1v) is 6.74. The Kier molecular flexibility index (Phi) is 4.17. The summed E-state index contributed by atoms with van der Waals surface area (Å²) in [6, 6.07) is 13.8. The summed E-state index contributed by atoms with van der Waals surface area (Å²) in [7, 11) is 0. The summed E-state index contributed by atoms with van der Waals surface area (Å²) in [5, 5.41) is 5.25. The highest BCUT2D eigenvalue weighted by Crippen LogP contribution is 2.19. The van der Waals surface area contributed by atoms with Crippen molar-refractivity contribution in [3.8, 4) is 0 Å². The van der Waals surface area contributed by atoms with Crippen LogP contribution in [0.1, 0.15) is 20.3 Å². The van der Waals surface area contributed by atoms with Gasteiger partial charge in [0.1, 0.15) is 0 Å². The number of rotatable bonds is 4. The number of hydrogen-bond donors (Lipinski definition) is 2. The second-order valence-corrected chi connectivity index (χ2v) is 5.04. The van der Waals surface area contributed by atoms with Gasteiger partial charge in [-0.05, 0) is 29.3 Å². The van der Waals surface area contributed by atoms with E-state index in [9.17, 15) is 4.79 Å². The van der Waals surface area contributed by atoms with Gasteiger partial charge < -0.3 is 11.1 Å². The van der Waals surface area contributed by atoms with Crippen LogP contribution in [0.3, 0.4) is 0 Å². The Morgan fingerprint density at radius 3 is 2.58 bits per heavy atom. The number of quaternary nitrogens is 1. The van der Waals surface area contributed by atoms with Gasteiger partial charge >= 0.3 is 0 Å². The molecule has 0 aliphatic carbocycles.